The number of aryl methyl sites for hydroxylation is 2. The summed E-state index contributed by atoms with van der Waals surface area (Å²) in [6, 6.07) is 1.89. The number of hydrogen-bond acceptors (Lipinski definition) is 3. The Balaban J connectivity index is 2.70. The van der Waals surface area contributed by atoms with Crippen LogP contribution < -0.4 is 0 Å². The van der Waals surface area contributed by atoms with Gasteiger partial charge < -0.3 is 4.74 Å². The lowest BCUT2D eigenvalue weighted by Crippen LogP contribution is -2.05. The molecule has 0 aliphatic rings. The predicted molar refractivity (Wildman–Crippen MR) is 54.4 cm³/mol. The summed E-state index contributed by atoms with van der Waals surface area (Å²) in [6.45, 7) is 6.43. The average molecular weight is 198 g/mol. The topological polar surface area (TPSA) is 26.3 Å². The van der Waals surface area contributed by atoms with Crippen LogP contribution in [0.2, 0.25) is 0 Å². The zero-order valence-corrected chi connectivity index (χ0v) is 9.03. The fraction of sp³-hybridized carbons (Fsp3) is 0.500. The van der Waals surface area contributed by atoms with Gasteiger partial charge in [-0.15, -0.1) is 11.3 Å². The second-order valence-electron chi connectivity index (χ2n) is 2.96. The SMILES string of the molecule is CCCOC(=O)c1cc(C)sc1C. The van der Waals surface area contributed by atoms with Gasteiger partial charge in [0.1, 0.15) is 0 Å². The lowest BCUT2D eigenvalue weighted by Gasteiger charge is -2.00. The van der Waals surface area contributed by atoms with Crippen molar-refractivity contribution in [1.82, 2.24) is 0 Å². The number of carbonyl (C=O) groups is 1. The molecule has 0 saturated heterocycles. The molecule has 1 rings (SSSR count). The van der Waals surface area contributed by atoms with Gasteiger partial charge >= 0.3 is 5.97 Å². The Hall–Kier alpha value is -0.830. The van der Waals surface area contributed by atoms with E-state index in [0.29, 0.717) is 6.61 Å². The van der Waals surface area contributed by atoms with Crippen molar-refractivity contribution in [3.8, 4) is 0 Å². The van der Waals surface area contributed by atoms with E-state index in [-0.39, 0.29) is 5.97 Å². The molecule has 72 valence electrons. The molecule has 1 aromatic heterocycles. The van der Waals surface area contributed by atoms with Crippen LogP contribution in [-0.2, 0) is 4.74 Å². The van der Waals surface area contributed by atoms with E-state index in [2.05, 4.69) is 0 Å². The van der Waals surface area contributed by atoms with E-state index in [4.69, 9.17) is 4.74 Å². The van der Waals surface area contributed by atoms with E-state index < -0.39 is 0 Å². The zero-order chi connectivity index (χ0) is 9.84. The molecular formula is C10H14O2S. The lowest BCUT2D eigenvalue weighted by molar-refractivity contribution is 0.0505. The molecule has 0 fully saturated rings. The van der Waals surface area contributed by atoms with Gasteiger partial charge in [0.05, 0.1) is 12.2 Å². The summed E-state index contributed by atoms with van der Waals surface area (Å²) in [4.78, 5) is 13.6. The largest absolute Gasteiger partial charge is 0.462 e. The smallest absolute Gasteiger partial charge is 0.339 e. The molecule has 0 unspecified atom stereocenters. The molecule has 3 heteroatoms. The molecule has 0 amide bonds. The maximum Gasteiger partial charge on any atom is 0.339 e. The zero-order valence-electron chi connectivity index (χ0n) is 8.22. The number of esters is 1. The van der Waals surface area contributed by atoms with Gasteiger partial charge in [0.2, 0.25) is 0 Å². The van der Waals surface area contributed by atoms with Gasteiger partial charge in [-0.1, -0.05) is 6.92 Å². The van der Waals surface area contributed by atoms with Crippen LogP contribution in [0.15, 0.2) is 6.07 Å². The molecule has 0 radical (unpaired) electrons. The van der Waals surface area contributed by atoms with E-state index in [9.17, 15) is 4.79 Å². The van der Waals surface area contributed by atoms with Gasteiger partial charge in [-0.05, 0) is 26.3 Å². The maximum atomic E-state index is 11.4. The third-order valence-electron chi connectivity index (χ3n) is 1.70. The van der Waals surface area contributed by atoms with Crippen molar-refractivity contribution < 1.29 is 9.53 Å². The second-order valence-corrected chi connectivity index (χ2v) is 4.42. The van der Waals surface area contributed by atoms with Crippen molar-refractivity contribution >= 4 is 17.3 Å². The molecule has 13 heavy (non-hydrogen) atoms. The number of thiophene rings is 1. The summed E-state index contributed by atoms with van der Waals surface area (Å²) < 4.78 is 5.04. The molecule has 0 bridgehead atoms. The van der Waals surface area contributed by atoms with Crippen molar-refractivity contribution in [2.75, 3.05) is 6.61 Å². The Morgan fingerprint density at radius 2 is 2.23 bits per heavy atom. The number of rotatable bonds is 3. The molecule has 0 spiro atoms. The van der Waals surface area contributed by atoms with E-state index in [1.165, 1.54) is 0 Å². The Labute approximate surface area is 82.5 Å². The fourth-order valence-corrected chi connectivity index (χ4v) is 2.02. The first-order chi connectivity index (χ1) is 6.15. The van der Waals surface area contributed by atoms with E-state index >= 15 is 0 Å². The summed E-state index contributed by atoms with van der Waals surface area (Å²) in [5.41, 5.74) is 0.718. The van der Waals surface area contributed by atoms with Crippen molar-refractivity contribution in [2.45, 2.75) is 27.2 Å². The fourth-order valence-electron chi connectivity index (χ4n) is 1.11. The first-order valence-electron chi connectivity index (χ1n) is 4.39. The first-order valence-corrected chi connectivity index (χ1v) is 5.21. The molecule has 0 aliphatic carbocycles. The summed E-state index contributed by atoms with van der Waals surface area (Å²) in [7, 11) is 0. The van der Waals surface area contributed by atoms with Crippen LogP contribution in [0.25, 0.3) is 0 Å². The molecule has 0 N–H and O–H groups in total. The molecule has 1 aromatic rings. The van der Waals surface area contributed by atoms with Gasteiger partial charge in [-0.2, -0.15) is 0 Å². The Kier molecular flexibility index (Phi) is 3.48. The van der Waals surface area contributed by atoms with Crippen molar-refractivity contribution in [3.05, 3.63) is 21.4 Å². The Morgan fingerprint density at radius 1 is 1.54 bits per heavy atom. The van der Waals surface area contributed by atoms with Crippen LogP contribution in [0.4, 0.5) is 0 Å². The van der Waals surface area contributed by atoms with Crippen molar-refractivity contribution in [3.63, 3.8) is 0 Å². The van der Waals surface area contributed by atoms with Gasteiger partial charge in [-0.25, -0.2) is 4.79 Å². The van der Waals surface area contributed by atoms with Gasteiger partial charge in [0, 0.05) is 9.75 Å². The lowest BCUT2D eigenvalue weighted by atomic mass is 10.2. The van der Waals surface area contributed by atoms with Crippen LogP contribution in [0.3, 0.4) is 0 Å². The minimum absolute atomic E-state index is 0.191. The summed E-state index contributed by atoms with van der Waals surface area (Å²) in [6.07, 6.45) is 0.869. The van der Waals surface area contributed by atoms with Crippen LogP contribution >= 0.6 is 11.3 Å². The predicted octanol–water partition coefficient (Wildman–Crippen LogP) is 2.93. The second kappa shape index (κ2) is 4.42. The monoisotopic (exact) mass is 198 g/mol. The molecule has 0 saturated carbocycles. The maximum absolute atomic E-state index is 11.4. The average Bonchev–Trinajstić information content (AvgIpc) is 2.41. The molecule has 1 heterocycles. The van der Waals surface area contributed by atoms with Crippen LogP contribution in [0, 0.1) is 13.8 Å². The van der Waals surface area contributed by atoms with Gasteiger partial charge in [0.25, 0.3) is 0 Å². The first kappa shape index (κ1) is 10.3. The van der Waals surface area contributed by atoms with Crippen LogP contribution in [-0.4, -0.2) is 12.6 Å². The van der Waals surface area contributed by atoms with Crippen molar-refractivity contribution in [2.24, 2.45) is 0 Å². The Bertz CT molecular complexity index is 302. The molecule has 0 atom stereocenters. The van der Waals surface area contributed by atoms with Crippen LogP contribution in [0.1, 0.15) is 33.5 Å². The number of ether oxygens (including phenoxy) is 1. The summed E-state index contributed by atoms with van der Waals surface area (Å²) >= 11 is 1.63. The van der Waals surface area contributed by atoms with Gasteiger partial charge in [0.15, 0.2) is 0 Å². The molecule has 0 aliphatic heterocycles. The van der Waals surface area contributed by atoms with Gasteiger partial charge in [-0.3, -0.25) is 0 Å². The van der Waals surface area contributed by atoms with Crippen LogP contribution in [0.5, 0.6) is 0 Å². The number of hydrogen-bond donors (Lipinski definition) is 0. The normalized spacial score (nSPS) is 10.1. The minimum Gasteiger partial charge on any atom is -0.462 e. The highest BCUT2D eigenvalue weighted by atomic mass is 32.1. The molecular weight excluding hydrogens is 184 g/mol. The quantitative estimate of drug-likeness (QED) is 0.698. The minimum atomic E-state index is -0.191. The standard InChI is InChI=1S/C10H14O2S/c1-4-5-12-10(11)9-6-7(2)13-8(9)3/h6H,4-5H2,1-3H3. The van der Waals surface area contributed by atoms with E-state index in [0.717, 1.165) is 21.7 Å². The summed E-state index contributed by atoms with van der Waals surface area (Å²) in [5.74, 6) is -0.191. The highest BCUT2D eigenvalue weighted by Crippen LogP contribution is 2.21. The van der Waals surface area contributed by atoms with Crippen molar-refractivity contribution in [1.29, 1.82) is 0 Å². The highest BCUT2D eigenvalue weighted by Gasteiger charge is 2.12. The molecule has 2 nitrogen and oxygen atoms in total. The number of carbonyl (C=O) groups excluding carboxylic acids is 1. The Morgan fingerprint density at radius 3 is 2.69 bits per heavy atom. The third-order valence-corrected chi connectivity index (χ3v) is 2.66. The molecule has 0 aromatic carbocycles. The van der Waals surface area contributed by atoms with E-state index in [1.54, 1.807) is 11.3 Å². The van der Waals surface area contributed by atoms with E-state index in [1.807, 2.05) is 26.8 Å². The third kappa shape index (κ3) is 2.56. The highest BCUT2D eigenvalue weighted by molar-refractivity contribution is 7.12. The summed E-state index contributed by atoms with van der Waals surface area (Å²) in [5, 5.41) is 0.